The van der Waals surface area contributed by atoms with E-state index in [0.29, 0.717) is 41.6 Å². The van der Waals surface area contributed by atoms with Crippen molar-refractivity contribution in [2.75, 3.05) is 21.3 Å². The van der Waals surface area contributed by atoms with Crippen molar-refractivity contribution in [1.82, 2.24) is 4.57 Å². The molecule has 0 radical (unpaired) electrons. The van der Waals surface area contributed by atoms with Crippen LogP contribution < -0.4 is 0 Å². The van der Waals surface area contributed by atoms with E-state index in [1.165, 1.54) is 14.2 Å². The zero-order valence-corrected chi connectivity index (χ0v) is 26.1. The minimum absolute atomic E-state index is 0.0547. The normalized spacial score (nSPS) is 17.6. The van der Waals surface area contributed by atoms with Crippen LogP contribution in [0.15, 0.2) is 105 Å². The second-order valence-electron chi connectivity index (χ2n) is 10.5. The van der Waals surface area contributed by atoms with Crippen LogP contribution in [-0.4, -0.2) is 46.3 Å². The topological polar surface area (TPSA) is 101 Å². The lowest BCUT2D eigenvalue weighted by atomic mass is 9.75. The molecule has 6 rings (SSSR count). The smallest absolute Gasteiger partial charge is 0.309 e. The second kappa shape index (κ2) is 12.5. The SMILES string of the molecule is COCn1c2ccccc2c2c(S(=O)c3ccccc3)c3c(c(S(=O)c4ccccc4)c21)C[C@@H](C(=O)OC)[C@H](C(=O)OC)C3. The molecule has 0 bridgehead atoms. The first-order valence-corrected chi connectivity index (χ1v) is 16.4. The number of rotatable bonds is 8. The molecular weight excluding hydrogens is 599 g/mol. The molecule has 8 nitrogen and oxygen atoms in total. The van der Waals surface area contributed by atoms with Crippen LogP contribution in [0, 0.1) is 11.8 Å². The van der Waals surface area contributed by atoms with Crippen LogP contribution in [0.5, 0.6) is 0 Å². The summed E-state index contributed by atoms with van der Waals surface area (Å²) in [5, 5.41) is 1.50. The predicted octanol–water partition coefficient (Wildman–Crippen LogP) is 5.41. The summed E-state index contributed by atoms with van der Waals surface area (Å²) in [5.41, 5.74) is 2.69. The van der Waals surface area contributed by atoms with Crippen LogP contribution in [-0.2, 0) is 65.0 Å². The summed E-state index contributed by atoms with van der Waals surface area (Å²) >= 11 is 0. The number of ether oxygens (including phenoxy) is 3. The number of carbonyl (C=O) groups is 2. The average Bonchev–Trinajstić information content (AvgIpc) is 3.39. The highest BCUT2D eigenvalue weighted by atomic mass is 32.2. The third-order valence-electron chi connectivity index (χ3n) is 8.21. The van der Waals surface area contributed by atoms with Crippen LogP contribution >= 0.6 is 0 Å². The number of benzene rings is 4. The van der Waals surface area contributed by atoms with Gasteiger partial charge < -0.3 is 18.8 Å². The Morgan fingerprint density at radius 1 is 0.705 bits per heavy atom. The fraction of sp³-hybridized carbons (Fsp3) is 0.235. The summed E-state index contributed by atoms with van der Waals surface area (Å²) in [6.07, 6.45) is 0.119. The van der Waals surface area contributed by atoms with Crippen molar-refractivity contribution < 1.29 is 32.2 Å². The molecule has 226 valence electrons. The molecule has 1 aromatic heterocycles. The number of fused-ring (bicyclic) bond motifs is 4. The Balaban J connectivity index is 1.81. The fourth-order valence-electron chi connectivity index (χ4n) is 6.28. The summed E-state index contributed by atoms with van der Waals surface area (Å²) < 4.78 is 47.3. The molecule has 0 spiro atoms. The van der Waals surface area contributed by atoms with Crippen LogP contribution in [0.25, 0.3) is 21.8 Å². The maximum atomic E-state index is 14.7. The number of methoxy groups -OCH3 is 3. The minimum Gasteiger partial charge on any atom is -0.469 e. The van der Waals surface area contributed by atoms with Gasteiger partial charge in [0.15, 0.2) is 0 Å². The van der Waals surface area contributed by atoms with Crippen molar-refractivity contribution in [3.8, 4) is 0 Å². The van der Waals surface area contributed by atoms with Gasteiger partial charge in [-0.05, 0) is 54.3 Å². The largest absolute Gasteiger partial charge is 0.469 e. The molecule has 1 aliphatic rings. The van der Waals surface area contributed by atoms with E-state index in [2.05, 4.69) is 0 Å². The summed E-state index contributed by atoms with van der Waals surface area (Å²) in [6.45, 7) is 0.143. The Kier molecular flexibility index (Phi) is 8.48. The number of aromatic nitrogens is 1. The lowest BCUT2D eigenvalue weighted by molar-refractivity contribution is -0.158. The van der Waals surface area contributed by atoms with E-state index in [0.717, 1.165) is 10.9 Å². The van der Waals surface area contributed by atoms with Crippen LogP contribution in [0.4, 0.5) is 0 Å². The highest BCUT2D eigenvalue weighted by molar-refractivity contribution is 7.86. The Morgan fingerprint density at radius 2 is 1.18 bits per heavy atom. The average molecular weight is 630 g/mol. The van der Waals surface area contributed by atoms with Gasteiger partial charge >= 0.3 is 11.9 Å². The molecule has 0 aliphatic heterocycles. The van der Waals surface area contributed by atoms with E-state index in [1.54, 1.807) is 31.4 Å². The van der Waals surface area contributed by atoms with E-state index in [4.69, 9.17) is 14.2 Å². The molecule has 4 aromatic carbocycles. The van der Waals surface area contributed by atoms with Gasteiger partial charge in [-0.2, -0.15) is 0 Å². The molecule has 1 aliphatic carbocycles. The molecule has 2 unspecified atom stereocenters. The van der Waals surface area contributed by atoms with Gasteiger partial charge in [0, 0.05) is 27.7 Å². The molecule has 44 heavy (non-hydrogen) atoms. The number of hydrogen-bond donors (Lipinski definition) is 0. The lowest BCUT2D eigenvalue weighted by Gasteiger charge is -2.33. The lowest BCUT2D eigenvalue weighted by Crippen LogP contribution is -2.39. The molecular formula is C34H31NO7S2. The van der Waals surface area contributed by atoms with E-state index >= 15 is 0 Å². The highest BCUT2D eigenvalue weighted by Crippen LogP contribution is 2.47. The monoisotopic (exact) mass is 629 g/mol. The van der Waals surface area contributed by atoms with Crippen molar-refractivity contribution in [3.05, 3.63) is 96.1 Å². The van der Waals surface area contributed by atoms with Crippen molar-refractivity contribution in [3.63, 3.8) is 0 Å². The molecule has 0 amide bonds. The molecule has 1 heterocycles. The third-order valence-corrected chi connectivity index (χ3v) is 11.2. The summed E-state index contributed by atoms with van der Waals surface area (Å²) in [5.74, 6) is -2.89. The quantitative estimate of drug-likeness (QED) is 0.212. The Labute approximate surface area is 259 Å². The zero-order valence-electron chi connectivity index (χ0n) is 24.5. The van der Waals surface area contributed by atoms with Crippen LogP contribution in [0.1, 0.15) is 11.1 Å². The summed E-state index contributed by atoms with van der Waals surface area (Å²) in [6, 6.07) is 25.9. The van der Waals surface area contributed by atoms with Crippen molar-refractivity contribution in [2.24, 2.45) is 11.8 Å². The Bertz CT molecular complexity index is 1940. The zero-order chi connectivity index (χ0) is 31.0. The number of esters is 2. The molecule has 0 fully saturated rings. The highest BCUT2D eigenvalue weighted by Gasteiger charge is 2.44. The third kappa shape index (κ3) is 4.96. The minimum atomic E-state index is -1.71. The number of nitrogens with zero attached hydrogens (tertiary/aromatic N) is 1. The van der Waals surface area contributed by atoms with E-state index in [-0.39, 0.29) is 19.6 Å². The van der Waals surface area contributed by atoms with Gasteiger partial charge in [-0.1, -0.05) is 54.6 Å². The van der Waals surface area contributed by atoms with Gasteiger partial charge in [-0.25, -0.2) is 8.42 Å². The predicted molar refractivity (Wildman–Crippen MR) is 167 cm³/mol. The van der Waals surface area contributed by atoms with Gasteiger partial charge in [0.05, 0.1) is 68.5 Å². The summed E-state index contributed by atoms with van der Waals surface area (Å²) in [7, 11) is 0.741. The van der Waals surface area contributed by atoms with Gasteiger partial charge in [0.2, 0.25) is 0 Å². The van der Waals surface area contributed by atoms with Gasteiger partial charge in [-0.3, -0.25) is 9.59 Å². The van der Waals surface area contributed by atoms with Gasteiger partial charge in [0.25, 0.3) is 0 Å². The summed E-state index contributed by atoms with van der Waals surface area (Å²) in [4.78, 5) is 28.5. The first kappa shape index (κ1) is 29.9. The second-order valence-corrected chi connectivity index (χ2v) is 13.4. The van der Waals surface area contributed by atoms with Gasteiger partial charge in [-0.15, -0.1) is 0 Å². The van der Waals surface area contributed by atoms with Crippen molar-refractivity contribution >= 4 is 55.3 Å². The first-order chi connectivity index (χ1) is 21.4. The Morgan fingerprint density at radius 3 is 1.70 bits per heavy atom. The molecule has 0 saturated heterocycles. The van der Waals surface area contributed by atoms with Crippen LogP contribution in [0.3, 0.4) is 0 Å². The maximum Gasteiger partial charge on any atom is 0.309 e. The number of hydrogen-bond acceptors (Lipinski definition) is 7. The molecule has 0 saturated carbocycles. The van der Waals surface area contributed by atoms with Crippen molar-refractivity contribution in [1.29, 1.82) is 0 Å². The number of carbonyl (C=O) groups excluding carboxylic acids is 2. The maximum absolute atomic E-state index is 14.7. The molecule has 5 aromatic rings. The standard InChI is InChI=1S/C34H31NO7S2/c1-40-20-35-28-17-11-10-16-23(28)29-30(35)32(44(39)22-14-8-5-9-15-22)25-19-27(34(37)42-3)26(33(36)41-2)18-24(25)31(29)43(38)21-12-6-4-7-13-21/h4-17,26-27H,18-20H2,1-3H3/t26-,27-,43?,44?/m1/s1. The Hall–Kier alpha value is -4.12. The van der Waals surface area contributed by atoms with Crippen molar-refractivity contribution in [2.45, 2.75) is 39.2 Å². The first-order valence-electron chi connectivity index (χ1n) is 14.1. The van der Waals surface area contributed by atoms with E-state index in [9.17, 15) is 18.0 Å². The van der Waals surface area contributed by atoms with E-state index in [1.807, 2.05) is 65.2 Å². The molecule has 4 atom stereocenters. The molecule has 0 N–H and O–H groups in total. The molecule has 10 heteroatoms. The van der Waals surface area contributed by atoms with E-state index < -0.39 is 45.4 Å². The number of para-hydroxylation sites is 1. The van der Waals surface area contributed by atoms with Crippen LogP contribution in [0.2, 0.25) is 0 Å². The fourth-order valence-corrected chi connectivity index (χ4v) is 9.20. The van der Waals surface area contributed by atoms with Gasteiger partial charge in [0.1, 0.15) is 6.73 Å².